The van der Waals surface area contributed by atoms with Crippen LogP contribution in [0.25, 0.3) is 11.1 Å². The number of hydrogen-bond donors (Lipinski definition) is 1. The van der Waals surface area contributed by atoms with Gasteiger partial charge in [0.1, 0.15) is 11.6 Å². The van der Waals surface area contributed by atoms with Crippen molar-refractivity contribution in [3.63, 3.8) is 0 Å². The topological polar surface area (TPSA) is 80.9 Å². The van der Waals surface area contributed by atoms with Crippen LogP contribution in [-0.2, 0) is 44.4 Å². The summed E-state index contributed by atoms with van der Waals surface area (Å²) in [5, 5.41) is 13.4. The molecule has 3 heterocycles. The van der Waals surface area contributed by atoms with Crippen molar-refractivity contribution in [2.45, 2.75) is 68.8 Å². The van der Waals surface area contributed by atoms with Gasteiger partial charge < -0.3 is 19.4 Å². The molecule has 8 nitrogen and oxygen atoms in total. The van der Waals surface area contributed by atoms with E-state index in [9.17, 15) is 22.4 Å². The quantitative estimate of drug-likeness (QED) is 0.0627. The van der Waals surface area contributed by atoms with Crippen molar-refractivity contribution >= 4 is 11.8 Å². The summed E-state index contributed by atoms with van der Waals surface area (Å²) in [4.78, 5) is 20.0. The van der Waals surface area contributed by atoms with Crippen molar-refractivity contribution in [3.05, 3.63) is 129 Å². The lowest BCUT2D eigenvalue weighted by Crippen LogP contribution is -2.30. The minimum Gasteiger partial charge on any atom is -0.316 e. The number of thioether (sulfide) groups is 1. The Labute approximate surface area is 297 Å². The Hall–Kier alpha value is -4.33. The van der Waals surface area contributed by atoms with Crippen molar-refractivity contribution in [2.24, 2.45) is 0 Å². The predicted molar refractivity (Wildman–Crippen MR) is 189 cm³/mol. The van der Waals surface area contributed by atoms with Crippen LogP contribution in [-0.4, -0.2) is 55.4 Å². The van der Waals surface area contributed by atoms with E-state index in [1.807, 2.05) is 24.3 Å². The molecule has 1 aliphatic heterocycles. The molecule has 1 N–H and O–H groups in total. The van der Waals surface area contributed by atoms with E-state index in [0.29, 0.717) is 42.5 Å². The Morgan fingerprint density at radius 2 is 1.43 bits per heavy atom. The van der Waals surface area contributed by atoms with Gasteiger partial charge in [-0.1, -0.05) is 60.3 Å². The highest BCUT2D eigenvalue weighted by Crippen LogP contribution is 2.31. The van der Waals surface area contributed by atoms with E-state index in [2.05, 4.69) is 34.5 Å². The number of likely N-dealkylation sites (tertiary alicyclic amines) is 1. The summed E-state index contributed by atoms with van der Waals surface area (Å²) in [7, 11) is 0. The maximum Gasteiger partial charge on any atom is 0.416 e. The van der Waals surface area contributed by atoms with E-state index < -0.39 is 11.7 Å². The molecule has 13 heteroatoms. The fourth-order valence-corrected chi connectivity index (χ4v) is 7.78. The molecule has 0 atom stereocenters. The van der Waals surface area contributed by atoms with Crippen molar-refractivity contribution in [1.82, 2.24) is 34.5 Å². The first-order valence-electron chi connectivity index (χ1n) is 17.3. The average molecular weight is 718 g/mol. The van der Waals surface area contributed by atoms with Crippen molar-refractivity contribution in [2.75, 3.05) is 26.2 Å². The maximum absolute atomic E-state index is 13.5. The number of aromatic nitrogens is 5. The number of rotatable bonds is 13. The number of halogens is 4. The molecule has 2 aromatic heterocycles. The first-order chi connectivity index (χ1) is 24.7. The SMILES string of the molecule is O=c1nc(SCc2ccc(F)cc2)n(Cc2nnc(CNCCN3CCCC3)n2Cc2ccc(-c3ccc(C(F)(F)F)cc3)cc2)c2c1CCC2. The highest BCUT2D eigenvalue weighted by atomic mass is 32.2. The van der Waals surface area contributed by atoms with E-state index in [4.69, 9.17) is 0 Å². The second kappa shape index (κ2) is 15.5. The second-order valence-electron chi connectivity index (χ2n) is 13.1. The summed E-state index contributed by atoms with van der Waals surface area (Å²) in [6.07, 6.45) is 0.428. The fraction of sp³-hybridized carbons (Fsp3) is 0.368. The third-order valence-electron chi connectivity index (χ3n) is 9.61. The van der Waals surface area contributed by atoms with Gasteiger partial charge in [0.2, 0.25) is 0 Å². The van der Waals surface area contributed by atoms with Gasteiger partial charge in [0.25, 0.3) is 5.56 Å². The van der Waals surface area contributed by atoms with Gasteiger partial charge in [-0.15, -0.1) is 10.2 Å². The molecular weight excluding hydrogens is 679 g/mol. The van der Waals surface area contributed by atoms with Gasteiger partial charge in [-0.3, -0.25) is 4.79 Å². The van der Waals surface area contributed by atoms with Crippen LogP contribution in [0, 0.1) is 5.82 Å². The van der Waals surface area contributed by atoms with Gasteiger partial charge in [-0.2, -0.15) is 18.2 Å². The molecule has 0 amide bonds. The zero-order valence-corrected chi connectivity index (χ0v) is 28.9. The van der Waals surface area contributed by atoms with Crippen LogP contribution in [0.2, 0.25) is 0 Å². The van der Waals surface area contributed by atoms with Crippen LogP contribution in [0.15, 0.2) is 82.7 Å². The summed E-state index contributed by atoms with van der Waals surface area (Å²) in [5.41, 5.74) is 4.27. The Kier molecular flexibility index (Phi) is 10.7. The highest BCUT2D eigenvalue weighted by molar-refractivity contribution is 7.98. The number of nitrogens with zero attached hydrogens (tertiary/aromatic N) is 6. The fourth-order valence-electron chi connectivity index (χ4n) is 6.81. The minimum atomic E-state index is -4.38. The predicted octanol–water partition coefficient (Wildman–Crippen LogP) is 6.72. The van der Waals surface area contributed by atoms with Gasteiger partial charge >= 0.3 is 6.18 Å². The number of hydrogen-bond acceptors (Lipinski definition) is 7. The Balaban J connectivity index is 1.15. The standard InChI is InChI=1S/C38H39F4N7OS/c39-31-16-8-27(9-17-31)25-51-37-44-36(50)32-4-3-5-33(32)48(37)24-35-46-45-34(22-43-18-21-47-19-1-2-20-47)49(35)23-26-6-10-28(11-7-26)29-12-14-30(15-13-29)38(40,41)42/h6-17,43H,1-5,18-25H2. The van der Waals surface area contributed by atoms with E-state index >= 15 is 0 Å². The maximum atomic E-state index is 13.5. The summed E-state index contributed by atoms with van der Waals surface area (Å²) in [6, 6.07) is 19.3. The first kappa shape index (κ1) is 35.1. The van der Waals surface area contributed by atoms with Crippen LogP contribution >= 0.6 is 11.8 Å². The molecule has 3 aromatic carbocycles. The van der Waals surface area contributed by atoms with Crippen LogP contribution in [0.3, 0.4) is 0 Å². The van der Waals surface area contributed by atoms with Gasteiger partial charge in [-0.05, 0) is 91.7 Å². The van der Waals surface area contributed by atoms with Crippen molar-refractivity contribution in [1.29, 1.82) is 0 Å². The Bertz CT molecular complexity index is 2000. The zero-order chi connectivity index (χ0) is 35.4. The Morgan fingerprint density at radius 3 is 2.14 bits per heavy atom. The lowest BCUT2D eigenvalue weighted by molar-refractivity contribution is -0.137. The Morgan fingerprint density at radius 1 is 0.765 bits per heavy atom. The monoisotopic (exact) mass is 717 g/mol. The number of alkyl halides is 3. The summed E-state index contributed by atoms with van der Waals surface area (Å²) < 4.78 is 57.1. The average Bonchev–Trinajstić information content (AvgIpc) is 3.91. The van der Waals surface area contributed by atoms with Crippen LogP contribution in [0.1, 0.15) is 58.9 Å². The summed E-state index contributed by atoms with van der Waals surface area (Å²) in [5.74, 6) is 1.73. The van der Waals surface area contributed by atoms with Gasteiger partial charge in [0.15, 0.2) is 11.0 Å². The van der Waals surface area contributed by atoms with E-state index in [-0.39, 0.29) is 11.4 Å². The summed E-state index contributed by atoms with van der Waals surface area (Å²) in [6.45, 7) is 5.42. The lowest BCUT2D eigenvalue weighted by Gasteiger charge is -2.18. The zero-order valence-electron chi connectivity index (χ0n) is 28.1. The van der Waals surface area contributed by atoms with E-state index in [1.165, 1.54) is 48.9 Å². The largest absolute Gasteiger partial charge is 0.416 e. The molecule has 0 spiro atoms. The smallest absolute Gasteiger partial charge is 0.316 e. The van der Waals surface area contributed by atoms with Crippen molar-refractivity contribution in [3.8, 4) is 11.1 Å². The molecule has 1 fully saturated rings. The molecule has 51 heavy (non-hydrogen) atoms. The molecule has 0 unspecified atom stereocenters. The van der Waals surface area contributed by atoms with Gasteiger partial charge in [0.05, 0.1) is 25.2 Å². The molecule has 2 aliphatic rings. The third-order valence-corrected chi connectivity index (χ3v) is 10.7. The van der Waals surface area contributed by atoms with Crippen molar-refractivity contribution < 1.29 is 17.6 Å². The number of nitrogens with one attached hydrogen (secondary N) is 1. The van der Waals surface area contributed by atoms with Crippen LogP contribution in [0.4, 0.5) is 17.6 Å². The molecule has 7 rings (SSSR count). The molecule has 0 bridgehead atoms. The van der Waals surface area contributed by atoms with Crippen LogP contribution < -0.4 is 10.9 Å². The normalized spacial score (nSPS) is 14.7. The molecule has 0 radical (unpaired) electrons. The molecule has 1 saturated heterocycles. The number of fused-ring (bicyclic) bond motifs is 1. The molecule has 0 saturated carbocycles. The first-order valence-corrected chi connectivity index (χ1v) is 18.3. The van der Waals surface area contributed by atoms with Crippen LogP contribution in [0.5, 0.6) is 0 Å². The molecule has 1 aliphatic carbocycles. The summed E-state index contributed by atoms with van der Waals surface area (Å²) >= 11 is 1.45. The molecular formula is C38H39F4N7OS. The van der Waals surface area contributed by atoms with Gasteiger partial charge in [0, 0.05) is 30.1 Å². The molecule has 266 valence electrons. The highest BCUT2D eigenvalue weighted by Gasteiger charge is 2.30. The second-order valence-corrected chi connectivity index (χ2v) is 14.0. The minimum absolute atomic E-state index is 0.196. The van der Waals surface area contributed by atoms with Gasteiger partial charge in [-0.25, -0.2) is 4.39 Å². The third kappa shape index (κ3) is 8.43. The van der Waals surface area contributed by atoms with E-state index in [1.54, 1.807) is 12.1 Å². The molecule has 5 aromatic rings. The number of benzene rings is 3. The van der Waals surface area contributed by atoms with E-state index in [0.717, 1.165) is 90.7 Å². The lowest BCUT2D eigenvalue weighted by atomic mass is 10.0.